The van der Waals surface area contributed by atoms with E-state index < -0.39 is 4.92 Å². The normalized spacial score (nSPS) is 10.5. The van der Waals surface area contributed by atoms with Crippen LogP contribution in [0.4, 0.5) is 5.00 Å². The van der Waals surface area contributed by atoms with Crippen LogP contribution < -0.4 is 5.84 Å². The zero-order chi connectivity index (χ0) is 8.27. The SMILES string of the molecule is N/N=C/c1csc([N+](=O)[O-])c1. The molecule has 0 saturated carbocycles. The number of thiophene rings is 1. The first-order valence-corrected chi connectivity index (χ1v) is 3.58. The highest BCUT2D eigenvalue weighted by molar-refractivity contribution is 7.13. The third kappa shape index (κ3) is 1.74. The quantitative estimate of drug-likeness (QED) is 0.311. The fourth-order valence-corrected chi connectivity index (χ4v) is 1.26. The standard InChI is InChI=1S/C5H5N3O2S/c6-7-2-4-1-5(8(9)10)11-3-4/h1-3H,6H2/b7-2+. The summed E-state index contributed by atoms with van der Waals surface area (Å²) < 4.78 is 0. The first kappa shape index (κ1) is 7.67. The van der Waals surface area contributed by atoms with Gasteiger partial charge >= 0.3 is 5.00 Å². The van der Waals surface area contributed by atoms with Gasteiger partial charge in [-0.1, -0.05) is 11.3 Å². The van der Waals surface area contributed by atoms with Crippen LogP contribution in [0, 0.1) is 10.1 Å². The van der Waals surface area contributed by atoms with Gasteiger partial charge in [-0.05, 0) is 0 Å². The lowest BCUT2D eigenvalue weighted by atomic mass is 10.4. The van der Waals surface area contributed by atoms with Crippen LogP contribution >= 0.6 is 11.3 Å². The van der Waals surface area contributed by atoms with Gasteiger partial charge in [0.1, 0.15) is 0 Å². The molecular formula is C5H5N3O2S. The topological polar surface area (TPSA) is 81.5 Å². The maximum absolute atomic E-state index is 10.2. The van der Waals surface area contributed by atoms with E-state index in [4.69, 9.17) is 5.84 Å². The molecule has 0 aliphatic carbocycles. The number of nitrogens with zero attached hydrogens (tertiary/aromatic N) is 2. The fourth-order valence-electron chi connectivity index (χ4n) is 0.589. The third-order valence-electron chi connectivity index (χ3n) is 1.01. The second-order valence-corrected chi connectivity index (χ2v) is 2.64. The maximum atomic E-state index is 10.2. The van der Waals surface area contributed by atoms with Crippen LogP contribution in [-0.4, -0.2) is 11.1 Å². The zero-order valence-corrected chi connectivity index (χ0v) is 6.25. The lowest BCUT2D eigenvalue weighted by Crippen LogP contribution is -1.84. The van der Waals surface area contributed by atoms with Crippen molar-refractivity contribution in [1.29, 1.82) is 0 Å². The van der Waals surface area contributed by atoms with E-state index in [0.717, 1.165) is 11.3 Å². The summed E-state index contributed by atoms with van der Waals surface area (Å²) in [5, 5.41) is 15.1. The molecule has 0 amide bonds. The number of rotatable bonds is 2. The molecule has 1 heterocycles. The molecule has 2 N–H and O–H groups in total. The Hall–Kier alpha value is -1.43. The van der Waals surface area contributed by atoms with Gasteiger partial charge in [-0.15, -0.1) is 0 Å². The third-order valence-corrected chi connectivity index (χ3v) is 1.91. The van der Waals surface area contributed by atoms with Gasteiger partial charge in [0, 0.05) is 17.0 Å². The van der Waals surface area contributed by atoms with Crippen LogP contribution in [0.2, 0.25) is 0 Å². The molecule has 0 unspecified atom stereocenters. The number of hydrogen-bond donors (Lipinski definition) is 1. The lowest BCUT2D eigenvalue weighted by Gasteiger charge is -1.78. The Morgan fingerprint density at radius 1 is 1.82 bits per heavy atom. The van der Waals surface area contributed by atoms with Crippen molar-refractivity contribution < 1.29 is 4.92 Å². The Kier molecular flexibility index (Phi) is 2.17. The molecule has 5 nitrogen and oxygen atoms in total. The monoisotopic (exact) mass is 171 g/mol. The van der Waals surface area contributed by atoms with E-state index >= 15 is 0 Å². The van der Waals surface area contributed by atoms with Crippen molar-refractivity contribution in [3.05, 3.63) is 27.1 Å². The highest BCUT2D eigenvalue weighted by Gasteiger charge is 2.07. The molecule has 58 valence electrons. The first-order valence-electron chi connectivity index (χ1n) is 2.70. The van der Waals surface area contributed by atoms with Crippen LogP contribution in [0.15, 0.2) is 16.5 Å². The van der Waals surface area contributed by atoms with E-state index in [0.29, 0.717) is 5.56 Å². The van der Waals surface area contributed by atoms with Gasteiger partial charge in [-0.25, -0.2) is 0 Å². The zero-order valence-electron chi connectivity index (χ0n) is 5.43. The van der Waals surface area contributed by atoms with Crippen molar-refractivity contribution >= 4 is 22.6 Å². The Balaban J connectivity index is 2.90. The smallest absolute Gasteiger partial charge is 0.323 e. The Morgan fingerprint density at radius 3 is 3.00 bits per heavy atom. The molecule has 0 aromatic carbocycles. The Labute approximate surface area is 66.3 Å². The van der Waals surface area contributed by atoms with Gasteiger partial charge < -0.3 is 5.84 Å². The van der Waals surface area contributed by atoms with Crippen molar-refractivity contribution in [2.75, 3.05) is 0 Å². The van der Waals surface area contributed by atoms with Gasteiger partial charge in [-0.3, -0.25) is 10.1 Å². The van der Waals surface area contributed by atoms with Crippen molar-refractivity contribution in [3.8, 4) is 0 Å². The van der Waals surface area contributed by atoms with Crippen molar-refractivity contribution in [1.82, 2.24) is 0 Å². The summed E-state index contributed by atoms with van der Waals surface area (Å²) in [7, 11) is 0. The minimum Gasteiger partial charge on any atom is -0.323 e. The summed E-state index contributed by atoms with van der Waals surface area (Å²) in [6.45, 7) is 0. The van der Waals surface area contributed by atoms with E-state index in [1.807, 2.05) is 0 Å². The van der Waals surface area contributed by atoms with Crippen LogP contribution in [0.5, 0.6) is 0 Å². The predicted molar refractivity (Wildman–Crippen MR) is 42.8 cm³/mol. The molecule has 0 aliphatic rings. The molecule has 0 spiro atoms. The summed E-state index contributed by atoms with van der Waals surface area (Å²) >= 11 is 1.05. The fraction of sp³-hybridized carbons (Fsp3) is 0. The molecule has 0 bridgehead atoms. The largest absolute Gasteiger partial charge is 0.324 e. The molecule has 0 aliphatic heterocycles. The van der Waals surface area contributed by atoms with Crippen molar-refractivity contribution in [2.45, 2.75) is 0 Å². The number of nitrogens with two attached hydrogens (primary N) is 1. The highest BCUT2D eigenvalue weighted by atomic mass is 32.1. The number of hydrogen-bond acceptors (Lipinski definition) is 5. The number of hydrazone groups is 1. The molecule has 0 radical (unpaired) electrons. The average molecular weight is 171 g/mol. The van der Waals surface area contributed by atoms with Gasteiger partial charge in [0.05, 0.1) is 11.1 Å². The Bertz CT molecular complexity index is 294. The second-order valence-electron chi connectivity index (χ2n) is 1.75. The van der Waals surface area contributed by atoms with E-state index in [9.17, 15) is 10.1 Å². The van der Waals surface area contributed by atoms with Crippen LogP contribution in [0.3, 0.4) is 0 Å². The Morgan fingerprint density at radius 2 is 2.55 bits per heavy atom. The lowest BCUT2D eigenvalue weighted by molar-refractivity contribution is -0.380. The maximum Gasteiger partial charge on any atom is 0.324 e. The minimum absolute atomic E-state index is 0.0971. The van der Waals surface area contributed by atoms with Gasteiger partial charge in [0.15, 0.2) is 0 Å². The molecule has 11 heavy (non-hydrogen) atoms. The van der Waals surface area contributed by atoms with E-state index in [-0.39, 0.29) is 5.00 Å². The molecule has 1 aromatic heterocycles. The molecule has 0 saturated heterocycles. The molecule has 6 heteroatoms. The highest BCUT2D eigenvalue weighted by Crippen LogP contribution is 2.20. The van der Waals surface area contributed by atoms with Gasteiger partial charge in [0.25, 0.3) is 0 Å². The van der Waals surface area contributed by atoms with Gasteiger partial charge in [-0.2, -0.15) is 5.10 Å². The molecule has 1 aromatic rings. The predicted octanol–water partition coefficient (Wildman–Crippen LogP) is 0.949. The number of nitro groups is 1. The summed E-state index contributed by atoms with van der Waals surface area (Å²) in [5.41, 5.74) is 0.657. The molecule has 0 fully saturated rings. The van der Waals surface area contributed by atoms with Crippen molar-refractivity contribution in [2.24, 2.45) is 10.9 Å². The molecule has 0 atom stereocenters. The van der Waals surface area contributed by atoms with E-state index in [1.165, 1.54) is 12.3 Å². The summed E-state index contributed by atoms with van der Waals surface area (Å²) in [6, 6.07) is 1.42. The molecular weight excluding hydrogens is 166 g/mol. The summed E-state index contributed by atoms with van der Waals surface area (Å²) in [5.74, 6) is 4.85. The van der Waals surface area contributed by atoms with Crippen LogP contribution in [0.1, 0.15) is 5.56 Å². The second kappa shape index (κ2) is 3.11. The van der Waals surface area contributed by atoms with Crippen LogP contribution in [-0.2, 0) is 0 Å². The van der Waals surface area contributed by atoms with Gasteiger partial charge in [0.2, 0.25) is 0 Å². The van der Waals surface area contributed by atoms with Crippen molar-refractivity contribution in [3.63, 3.8) is 0 Å². The first-order chi connectivity index (χ1) is 5.24. The van der Waals surface area contributed by atoms with Crippen LogP contribution in [0.25, 0.3) is 0 Å². The summed E-state index contributed by atoms with van der Waals surface area (Å²) in [4.78, 5) is 9.71. The van der Waals surface area contributed by atoms with E-state index in [1.54, 1.807) is 5.38 Å². The average Bonchev–Trinajstić information content (AvgIpc) is 2.37. The molecule has 1 rings (SSSR count). The summed E-state index contributed by atoms with van der Waals surface area (Å²) in [6.07, 6.45) is 1.36. The van der Waals surface area contributed by atoms with E-state index in [2.05, 4.69) is 5.10 Å². The minimum atomic E-state index is -0.446.